The van der Waals surface area contributed by atoms with E-state index in [0.717, 1.165) is 36.2 Å². The van der Waals surface area contributed by atoms with Crippen LogP contribution in [0.1, 0.15) is 5.56 Å². The van der Waals surface area contributed by atoms with Gasteiger partial charge in [-0.3, -0.25) is 9.97 Å². The van der Waals surface area contributed by atoms with Crippen molar-refractivity contribution in [3.63, 3.8) is 0 Å². The van der Waals surface area contributed by atoms with Gasteiger partial charge in [0.05, 0.1) is 71.6 Å². The fraction of sp³-hybridized carbons (Fsp3) is 0.194. The van der Waals surface area contributed by atoms with Gasteiger partial charge in [0.1, 0.15) is 17.4 Å². The molecule has 0 amide bonds. The summed E-state index contributed by atoms with van der Waals surface area (Å²) in [5.41, 5.74) is 5.57. The smallest absolute Gasteiger partial charge is 0.137 e. The van der Waals surface area contributed by atoms with Crippen LogP contribution < -0.4 is 15.0 Å². The standard InChI is InChI=1S/C31H27F2N5O2/c1-19-29(25-5-3-4-10-34-25)36-26-16-21(32)15-24(33)28(26)30(19)37-27-17-22(38-11-13-40-14-12-38)18-35-31(27)20-6-8-23(39-2)9-7-20/h3-10,15-18H,11-14H2,1-2H3,(H,36,37). The van der Waals surface area contributed by atoms with Gasteiger partial charge in [-0.1, -0.05) is 6.07 Å². The predicted octanol–water partition coefficient (Wildman–Crippen LogP) is 6.53. The van der Waals surface area contributed by atoms with Gasteiger partial charge in [0, 0.05) is 42.5 Å². The van der Waals surface area contributed by atoms with E-state index in [9.17, 15) is 4.39 Å². The fourth-order valence-electron chi connectivity index (χ4n) is 4.97. The Labute approximate surface area is 230 Å². The molecule has 6 rings (SSSR count). The van der Waals surface area contributed by atoms with Crippen LogP contribution >= 0.6 is 0 Å². The van der Waals surface area contributed by atoms with Crippen LogP contribution in [-0.4, -0.2) is 48.4 Å². The third-order valence-electron chi connectivity index (χ3n) is 7.03. The van der Waals surface area contributed by atoms with Crippen LogP contribution in [0.25, 0.3) is 33.5 Å². The Morgan fingerprint density at radius 3 is 2.48 bits per heavy atom. The summed E-state index contributed by atoms with van der Waals surface area (Å²) < 4.78 is 40.6. The quantitative estimate of drug-likeness (QED) is 0.263. The molecule has 202 valence electrons. The molecule has 5 aromatic rings. The van der Waals surface area contributed by atoms with Crippen LogP contribution in [0.2, 0.25) is 0 Å². The Kier molecular flexibility index (Phi) is 6.96. The van der Waals surface area contributed by atoms with E-state index < -0.39 is 11.6 Å². The number of ether oxygens (including phenoxy) is 2. The van der Waals surface area contributed by atoms with Gasteiger partial charge < -0.3 is 19.7 Å². The molecule has 0 radical (unpaired) electrons. The summed E-state index contributed by atoms with van der Waals surface area (Å²) in [4.78, 5) is 16.1. The highest BCUT2D eigenvalue weighted by atomic mass is 19.1. The van der Waals surface area contributed by atoms with Gasteiger partial charge in [0.2, 0.25) is 0 Å². The number of pyridine rings is 3. The lowest BCUT2D eigenvalue weighted by Gasteiger charge is -2.29. The van der Waals surface area contributed by atoms with E-state index in [1.165, 1.54) is 6.07 Å². The molecule has 1 aliphatic rings. The summed E-state index contributed by atoms with van der Waals surface area (Å²) in [7, 11) is 1.62. The zero-order valence-corrected chi connectivity index (χ0v) is 22.1. The van der Waals surface area contributed by atoms with Gasteiger partial charge in [0.15, 0.2) is 0 Å². The minimum absolute atomic E-state index is 0.189. The highest BCUT2D eigenvalue weighted by Gasteiger charge is 2.21. The zero-order valence-electron chi connectivity index (χ0n) is 22.1. The number of anilines is 3. The Bertz CT molecular complexity index is 1670. The molecule has 9 heteroatoms. The number of morpholine rings is 1. The van der Waals surface area contributed by atoms with E-state index in [1.54, 1.807) is 13.3 Å². The molecular formula is C31H27F2N5O2. The van der Waals surface area contributed by atoms with Crippen molar-refractivity contribution >= 4 is 28.0 Å². The number of nitrogens with one attached hydrogen (secondary N) is 1. The molecule has 0 spiro atoms. The summed E-state index contributed by atoms with van der Waals surface area (Å²) in [6.45, 7) is 4.58. The van der Waals surface area contributed by atoms with Gasteiger partial charge in [-0.2, -0.15) is 0 Å². The molecule has 7 nitrogen and oxygen atoms in total. The first-order valence-electron chi connectivity index (χ1n) is 13.0. The second-order valence-corrected chi connectivity index (χ2v) is 9.50. The second-order valence-electron chi connectivity index (χ2n) is 9.50. The zero-order chi connectivity index (χ0) is 27.6. The third kappa shape index (κ3) is 4.91. The summed E-state index contributed by atoms with van der Waals surface area (Å²) in [5.74, 6) is -0.679. The molecular weight excluding hydrogens is 512 g/mol. The van der Waals surface area contributed by atoms with Gasteiger partial charge in [-0.15, -0.1) is 0 Å². The van der Waals surface area contributed by atoms with Crippen molar-refractivity contribution in [3.8, 4) is 28.4 Å². The molecule has 3 aromatic heterocycles. The Morgan fingerprint density at radius 2 is 1.75 bits per heavy atom. The molecule has 1 aliphatic heterocycles. The van der Waals surface area contributed by atoms with Crippen molar-refractivity contribution in [1.29, 1.82) is 0 Å². The lowest BCUT2D eigenvalue weighted by molar-refractivity contribution is 0.122. The van der Waals surface area contributed by atoms with Gasteiger partial charge in [0.25, 0.3) is 0 Å². The van der Waals surface area contributed by atoms with Crippen molar-refractivity contribution in [2.24, 2.45) is 0 Å². The predicted molar refractivity (Wildman–Crippen MR) is 152 cm³/mol. The van der Waals surface area contributed by atoms with Crippen LogP contribution in [0.4, 0.5) is 25.8 Å². The molecule has 1 saturated heterocycles. The van der Waals surface area contributed by atoms with Crippen LogP contribution in [0.15, 0.2) is 73.1 Å². The van der Waals surface area contributed by atoms with Gasteiger partial charge in [-0.25, -0.2) is 13.8 Å². The molecule has 0 atom stereocenters. The largest absolute Gasteiger partial charge is 0.497 e. The number of halogens is 2. The highest BCUT2D eigenvalue weighted by Crippen LogP contribution is 2.39. The highest BCUT2D eigenvalue weighted by molar-refractivity contribution is 5.99. The molecule has 1 N–H and O–H groups in total. The summed E-state index contributed by atoms with van der Waals surface area (Å²) >= 11 is 0. The normalized spacial score (nSPS) is 13.4. The lowest BCUT2D eigenvalue weighted by atomic mass is 10.0. The number of benzene rings is 2. The van der Waals surface area contributed by atoms with E-state index in [2.05, 4.69) is 20.2 Å². The monoisotopic (exact) mass is 539 g/mol. The average Bonchev–Trinajstić information content (AvgIpc) is 2.99. The van der Waals surface area contributed by atoms with E-state index in [1.807, 2.05) is 61.7 Å². The lowest BCUT2D eigenvalue weighted by Crippen LogP contribution is -2.36. The van der Waals surface area contributed by atoms with Crippen molar-refractivity contribution in [2.45, 2.75) is 6.92 Å². The molecule has 40 heavy (non-hydrogen) atoms. The van der Waals surface area contributed by atoms with Crippen LogP contribution in [0.3, 0.4) is 0 Å². The average molecular weight is 540 g/mol. The number of hydrogen-bond donors (Lipinski definition) is 1. The van der Waals surface area contributed by atoms with E-state index in [0.29, 0.717) is 47.2 Å². The van der Waals surface area contributed by atoms with E-state index in [4.69, 9.17) is 14.5 Å². The SMILES string of the molecule is COc1ccc(-c2ncc(N3CCOCC3)cc2Nc2c(C)c(-c3ccccn3)nc3cc(F)cc(F)c23)cc1. The maximum atomic E-state index is 15.4. The number of nitrogens with zero attached hydrogens (tertiary/aromatic N) is 4. The van der Waals surface area contributed by atoms with Crippen molar-refractivity contribution in [2.75, 3.05) is 43.6 Å². The molecule has 0 saturated carbocycles. The molecule has 0 bridgehead atoms. The van der Waals surface area contributed by atoms with Gasteiger partial charge in [-0.05, 0) is 49.4 Å². The van der Waals surface area contributed by atoms with Crippen molar-refractivity contribution in [3.05, 3.63) is 90.3 Å². The topological polar surface area (TPSA) is 72.4 Å². The second kappa shape index (κ2) is 10.9. The Hall–Kier alpha value is -4.63. The summed E-state index contributed by atoms with van der Waals surface area (Å²) in [5, 5.41) is 3.67. The number of hydrogen-bond acceptors (Lipinski definition) is 7. The minimum atomic E-state index is -0.705. The van der Waals surface area contributed by atoms with Crippen LogP contribution in [-0.2, 0) is 4.74 Å². The summed E-state index contributed by atoms with van der Waals surface area (Å²) in [6, 6.07) is 17.2. The first-order valence-corrected chi connectivity index (χ1v) is 13.0. The number of fused-ring (bicyclic) bond motifs is 1. The maximum absolute atomic E-state index is 15.4. The molecule has 0 unspecified atom stereocenters. The van der Waals surface area contributed by atoms with Crippen LogP contribution in [0.5, 0.6) is 5.75 Å². The first kappa shape index (κ1) is 25.6. The molecule has 4 heterocycles. The van der Waals surface area contributed by atoms with Crippen molar-refractivity contribution in [1.82, 2.24) is 15.0 Å². The fourth-order valence-corrected chi connectivity index (χ4v) is 4.97. The Balaban J connectivity index is 1.55. The molecule has 0 aliphatic carbocycles. The van der Waals surface area contributed by atoms with Crippen molar-refractivity contribution < 1.29 is 18.3 Å². The molecule has 1 fully saturated rings. The number of methoxy groups -OCH3 is 1. The van der Waals surface area contributed by atoms with E-state index in [-0.39, 0.29) is 10.9 Å². The van der Waals surface area contributed by atoms with E-state index >= 15 is 4.39 Å². The number of rotatable bonds is 6. The summed E-state index contributed by atoms with van der Waals surface area (Å²) in [6.07, 6.45) is 3.50. The maximum Gasteiger partial charge on any atom is 0.137 e. The minimum Gasteiger partial charge on any atom is -0.497 e. The van der Waals surface area contributed by atoms with Gasteiger partial charge >= 0.3 is 0 Å². The first-order chi connectivity index (χ1) is 19.5. The third-order valence-corrected chi connectivity index (χ3v) is 7.03. The Morgan fingerprint density at radius 1 is 0.950 bits per heavy atom. The number of aromatic nitrogens is 3. The molecule has 2 aromatic carbocycles. The van der Waals surface area contributed by atoms with Crippen LogP contribution in [0, 0.1) is 18.6 Å².